The van der Waals surface area contributed by atoms with Crippen LogP contribution in [0.2, 0.25) is 0 Å². The molecule has 0 N–H and O–H groups in total. The minimum Gasteiger partial charge on any atom is -0.306 e. The van der Waals surface area contributed by atoms with Crippen molar-refractivity contribution in [2.24, 2.45) is 0 Å². The van der Waals surface area contributed by atoms with E-state index in [0.29, 0.717) is 19.1 Å². The van der Waals surface area contributed by atoms with Gasteiger partial charge in [0.25, 0.3) is 0 Å². The third-order valence-electron chi connectivity index (χ3n) is 1.41. The lowest BCUT2D eigenvalue weighted by Gasteiger charge is -2.11. The molecule has 0 aromatic heterocycles. The van der Waals surface area contributed by atoms with Gasteiger partial charge >= 0.3 is 7.60 Å². The molecule has 0 bridgehead atoms. The Labute approximate surface area is 96.6 Å². The number of halogens is 1. The molecule has 0 radical (unpaired) electrons. The highest BCUT2D eigenvalue weighted by Crippen LogP contribution is 2.49. The van der Waals surface area contributed by atoms with E-state index in [-0.39, 0.29) is 0 Å². The highest BCUT2D eigenvalue weighted by atomic mass is 35.5. The van der Waals surface area contributed by atoms with Crippen LogP contribution in [-0.2, 0) is 13.6 Å². The summed E-state index contributed by atoms with van der Waals surface area (Å²) in [5.74, 6) is 2.05. The largest absolute Gasteiger partial charge is 0.354 e. The maximum atomic E-state index is 11.9. The van der Waals surface area contributed by atoms with Crippen LogP contribution >= 0.6 is 19.2 Å². The maximum Gasteiger partial charge on any atom is 0.354 e. The molecule has 0 fully saturated rings. The van der Waals surface area contributed by atoms with Gasteiger partial charge < -0.3 is 9.05 Å². The zero-order valence-electron chi connectivity index (χ0n) is 9.19. The van der Waals surface area contributed by atoms with Crippen LogP contribution < -0.4 is 0 Å². The van der Waals surface area contributed by atoms with E-state index in [9.17, 15) is 4.57 Å². The van der Waals surface area contributed by atoms with Crippen molar-refractivity contribution < 1.29 is 13.6 Å². The van der Waals surface area contributed by atoms with Gasteiger partial charge in [0.2, 0.25) is 0 Å². The first-order chi connectivity index (χ1) is 7.18. The first kappa shape index (κ1) is 14.9. The van der Waals surface area contributed by atoms with Crippen LogP contribution in [0.15, 0.2) is 24.0 Å². The molecule has 0 aliphatic rings. The van der Waals surface area contributed by atoms with Crippen LogP contribution in [-0.4, -0.2) is 19.1 Å². The van der Waals surface area contributed by atoms with Crippen molar-refractivity contribution in [3.8, 4) is 0 Å². The predicted octanol–water partition coefficient (Wildman–Crippen LogP) is 3.95. The molecule has 0 heterocycles. The van der Waals surface area contributed by atoms with Crippen molar-refractivity contribution in [2.75, 3.05) is 19.1 Å². The van der Waals surface area contributed by atoms with Crippen molar-refractivity contribution in [1.82, 2.24) is 0 Å². The van der Waals surface area contributed by atoms with E-state index in [1.807, 2.05) is 6.08 Å². The Bertz CT molecular complexity index is 241. The standard InChI is InChI=1S/C10H18ClO3P/c1-3-13-15(12,14-4-2)10-8-6-5-7-9-11/h5-6,8,10H,3-4,7,9H2,1-2H3/b6-5+,10-8+. The molecule has 0 aliphatic carbocycles. The molecule has 88 valence electrons. The Morgan fingerprint density at radius 3 is 2.27 bits per heavy atom. The molecule has 0 aromatic carbocycles. The fourth-order valence-corrected chi connectivity index (χ4v) is 2.28. The Kier molecular flexibility index (Phi) is 9.12. The number of hydrogen-bond donors (Lipinski definition) is 0. The fraction of sp³-hybridized carbons (Fsp3) is 0.600. The third kappa shape index (κ3) is 7.80. The molecule has 5 heteroatoms. The summed E-state index contributed by atoms with van der Waals surface area (Å²) in [4.78, 5) is 0. The highest BCUT2D eigenvalue weighted by Gasteiger charge is 2.17. The van der Waals surface area contributed by atoms with Crippen LogP contribution in [0.3, 0.4) is 0 Å². The molecule has 0 rings (SSSR count). The molecule has 0 unspecified atom stereocenters. The van der Waals surface area contributed by atoms with Gasteiger partial charge in [-0.3, -0.25) is 4.57 Å². The van der Waals surface area contributed by atoms with Gasteiger partial charge in [-0.15, -0.1) is 11.6 Å². The Balaban J connectivity index is 4.21. The summed E-state index contributed by atoms with van der Waals surface area (Å²) in [6, 6.07) is 0. The number of hydrogen-bond acceptors (Lipinski definition) is 3. The van der Waals surface area contributed by atoms with Crippen LogP contribution in [0.1, 0.15) is 20.3 Å². The van der Waals surface area contributed by atoms with Crippen LogP contribution in [0.25, 0.3) is 0 Å². The van der Waals surface area contributed by atoms with E-state index >= 15 is 0 Å². The van der Waals surface area contributed by atoms with E-state index in [2.05, 4.69) is 0 Å². The Hall–Kier alpha value is -0.0800. The van der Waals surface area contributed by atoms with Crippen molar-refractivity contribution in [1.29, 1.82) is 0 Å². The lowest BCUT2D eigenvalue weighted by molar-refractivity contribution is 0.229. The summed E-state index contributed by atoms with van der Waals surface area (Å²) >= 11 is 5.49. The molecule has 0 saturated carbocycles. The molecule has 15 heavy (non-hydrogen) atoms. The second-order valence-electron chi connectivity index (χ2n) is 2.62. The molecule has 0 atom stereocenters. The predicted molar refractivity (Wildman–Crippen MR) is 64.5 cm³/mol. The summed E-state index contributed by atoms with van der Waals surface area (Å²) in [7, 11) is -3.03. The monoisotopic (exact) mass is 252 g/mol. The zero-order valence-corrected chi connectivity index (χ0v) is 10.8. The second-order valence-corrected chi connectivity index (χ2v) is 4.89. The van der Waals surface area contributed by atoms with Gasteiger partial charge in [-0.25, -0.2) is 0 Å². The molecule has 0 spiro atoms. The molecule has 0 aromatic rings. The van der Waals surface area contributed by atoms with E-state index < -0.39 is 7.60 Å². The Morgan fingerprint density at radius 1 is 1.20 bits per heavy atom. The third-order valence-corrected chi connectivity index (χ3v) is 3.40. The van der Waals surface area contributed by atoms with Crippen molar-refractivity contribution in [3.63, 3.8) is 0 Å². The van der Waals surface area contributed by atoms with E-state index in [1.165, 1.54) is 5.82 Å². The van der Waals surface area contributed by atoms with Gasteiger partial charge in [-0.1, -0.05) is 18.2 Å². The van der Waals surface area contributed by atoms with Crippen molar-refractivity contribution >= 4 is 19.2 Å². The van der Waals surface area contributed by atoms with Gasteiger partial charge in [-0.2, -0.15) is 0 Å². The molecule has 0 aliphatic heterocycles. The average molecular weight is 253 g/mol. The molecule has 0 amide bonds. The van der Waals surface area contributed by atoms with Crippen LogP contribution in [0.4, 0.5) is 0 Å². The van der Waals surface area contributed by atoms with Gasteiger partial charge in [0.1, 0.15) is 0 Å². The summed E-state index contributed by atoms with van der Waals surface area (Å²) in [6.45, 7) is 4.30. The quantitative estimate of drug-likeness (QED) is 0.373. The van der Waals surface area contributed by atoms with Gasteiger partial charge in [0.05, 0.1) is 13.2 Å². The summed E-state index contributed by atoms with van der Waals surface area (Å²) < 4.78 is 22.0. The topological polar surface area (TPSA) is 35.5 Å². The van der Waals surface area contributed by atoms with Crippen LogP contribution in [0.5, 0.6) is 0 Å². The first-order valence-corrected chi connectivity index (χ1v) is 7.12. The number of alkyl halides is 1. The number of rotatable bonds is 8. The summed E-state index contributed by atoms with van der Waals surface area (Å²) in [5.41, 5.74) is 0. The second kappa shape index (κ2) is 9.17. The molecule has 3 nitrogen and oxygen atoms in total. The lowest BCUT2D eigenvalue weighted by Crippen LogP contribution is -1.92. The fourth-order valence-electron chi connectivity index (χ4n) is 0.876. The van der Waals surface area contributed by atoms with Crippen molar-refractivity contribution in [2.45, 2.75) is 20.3 Å². The average Bonchev–Trinajstić information content (AvgIpc) is 2.18. The molecular weight excluding hydrogens is 235 g/mol. The summed E-state index contributed by atoms with van der Waals surface area (Å²) in [6.07, 6.45) is 6.14. The normalized spacial score (nSPS) is 13.0. The maximum absolute atomic E-state index is 11.9. The van der Waals surface area contributed by atoms with Gasteiger partial charge in [0.15, 0.2) is 0 Å². The zero-order chi connectivity index (χ0) is 11.6. The minimum absolute atomic E-state index is 0.368. The lowest BCUT2D eigenvalue weighted by atomic mass is 10.4. The molecule has 0 saturated heterocycles. The highest BCUT2D eigenvalue weighted by molar-refractivity contribution is 7.57. The Morgan fingerprint density at radius 2 is 1.80 bits per heavy atom. The number of allylic oxidation sites excluding steroid dienone is 3. The SMILES string of the molecule is CCOP(=O)(/C=C/C=C/CCCl)OCC. The molecular formula is C10H18ClO3P. The van der Waals surface area contributed by atoms with Gasteiger partial charge in [0, 0.05) is 11.7 Å². The van der Waals surface area contributed by atoms with E-state index in [0.717, 1.165) is 6.42 Å². The van der Waals surface area contributed by atoms with E-state index in [4.69, 9.17) is 20.6 Å². The van der Waals surface area contributed by atoms with Crippen molar-refractivity contribution in [3.05, 3.63) is 24.0 Å². The van der Waals surface area contributed by atoms with Crippen LogP contribution in [0, 0.1) is 0 Å². The minimum atomic E-state index is -3.03. The summed E-state index contributed by atoms with van der Waals surface area (Å²) in [5, 5.41) is 0. The van der Waals surface area contributed by atoms with Gasteiger partial charge in [-0.05, 0) is 20.3 Å². The first-order valence-electron chi connectivity index (χ1n) is 4.97. The smallest absolute Gasteiger partial charge is 0.306 e. The van der Waals surface area contributed by atoms with E-state index in [1.54, 1.807) is 26.0 Å².